The van der Waals surface area contributed by atoms with Crippen molar-refractivity contribution in [1.82, 2.24) is 0 Å². The number of aryl methyl sites for hydroxylation is 1. The average molecular weight is 444 g/mol. The zero-order valence-electron chi connectivity index (χ0n) is 18.4. The first kappa shape index (κ1) is 21.3. The van der Waals surface area contributed by atoms with Gasteiger partial charge in [0.1, 0.15) is 17.1 Å². The number of Topliss-reactive ketones (excluding diaryl/α,β-unsaturated/α-hetero) is 3. The van der Waals surface area contributed by atoms with Crippen molar-refractivity contribution in [3.05, 3.63) is 81.8 Å². The van der Waals surface area contributed by atoms with Crippen LogP contribution >= 0.6 is 0 Å². The number of allylic oxidation sites excluding steroid dienone is 2. The third-order valence-electron chi connectivity index (χ3n) is 7.37. The second kappa shape index (κ2) is 7.25. The summed E-state index contributed by atoms with van der Waals surface area (Å²) in [7, 11) is 0. The number of carbonyl (C=O) groups is 3. The molecule has 0 saturated carbocycles. The molecule has 0 heterocycles. The van der Waals surface area contributed by atoms with Crippen molar-refractivity contribution in [2.24, 2.45) is 11.8 Å². The molecule has 0 spiro atoms. The Morgan fingerprint density at radius 2 is 1.73 bits per heavy atom. The summed E-state index contributed by atoms with van der Waals surface area (Å²) in [5.41, 5.74) is 1.15. The van der Waals surface area contributed by atoms with Crippen LogP contribution in [0.5, 0.6) is 0 Å². The predicted octanol–water partition coefficient (Wildman–Crippen LogP) is 3.95. The van der Waals surface area contributed by atoms with E-state index in [9.17, 15) is 29.7 Å². The maximum Gasteiger partial charge on any atom is 0.209 e. The van der Waals surface area contributed by atoms with Crippen LogP contribution in [-0.4, -0.2) is 38.3 Å². The molecular formula is C27H24O6. The molecule has 0 aliphatic heterocycles. The standard InChI is InChI=1S/C27H24O6/c1-13-8-9-18(15-6-4-3-5-7-15)19-11-16-10-17-12-20(29)22(14(2)28)25(31)27(17,33)26(32)23(16)24(30)21(13)19/h3-9,16-17,29,32-33H,10-12H2,1-2H3/t16-,17+,27-/m1/s1. The number of aliphatic hydroxyl groups excluding tert-OH is 2. The number of hydrogen-bond acceptors (Lipinski definition) is 6. The number of hydrogen-bond donors (Lipinski definition) is 3. The van der Waals surface area contributed by atoms with E-state index in [4.69, 9.17) is 0 Å². The van der Waals surface area contributed by atoms with Gasteiger partial charge >= 0.3 is 0 Å². The van der Waals surface area contributed by atoms with E-state index in [1.54, 1.807) is 0 Å². The Labute approximate surface area is 190 Å². The lowest BCUT2D eigenvalue weighted by Crippen LogP contribution is -2.56. The van der Waals surface area contributed by atoms with Gasteiger partial charge in [-0.25, -0.2) is 0 Å². The highest BCUT2D eigenvalue weighted by Crippen LogP contribution is 2.51. The van der Waals surface area contributed by atoms with E-state index >= 15 is 0 Å². The van der Waals surface area contributed by atoms with E-state index in [-0.39, 0.29) is 24.2 Å². The first-order valence-electron chi connectivity index (χ1n) is 11.0. The van der Waals surface area contributed by atoms with Crippen LogP contribution in [0.15, 0.2) is 65.1 Å². The van der Waals surface area contributed by atoms with Crippen molar-refractivity contribution in [2.75, 3.05) is 0 Å². The monoisotopic (exact) mass is 444 g/mol. The molecule has 0 saturated heterocycles. The number of rotatable bonds is 2. The molecule has 0 bridgehead atoms. The highest BCUT2D eigenvalue weighted by Gasteiger charge is 2.59. The normalized spacial score (nSPS) is 26.6. The molecule has 3 aliphatic carbocycles. The smallest absolute Gasteiger partial charge is 0.209 e. The molecule has 0 aromatic heterocycles. The summed E-state index contributed by atoms with van der Waals surface area (Å²) >= 11 is 0. The van der Waals surface area contributed by atoms with Gasteiger partial charge in [-0.1, -0.05) is 42.5 Å². The summed E-state index contributed by atoms with van der Waals surface area (Å²) in [6, 6.07) is 13.6. The van der Waals surface area contributed by atoms with Crippen LogP contribution in [0.2, 0.25) is 0 Å². The molecule has 0 amide bonds. The SMILES string of the molecule is CC(=O)C1=C(O)C[C@@H]2C[C@@H]3Cc4c(-c5ccccc5)ccc(C)c4C(=O)C3=C(O)[C@]2(O)C1=O. The molecule has 0 radical (unpaired) electrons. The van der Waals surface area contributed by atoms with Gasteiger partial charge in [-0.3, -0.25) is 14.4 Å². The summed E-state index contributed by atoms with van der Waals surface area (Å²) in [5, 5.41) is 32.9. The number of benzene rings is 2. The Morgan fingerprint density at radius 1 is 1.03 bits per heavy atom. The first-order valence-corrected chi connectivity index (χ1v) is 11.0. The van der Waals surface area contributed by atoms with Crippen molar-refractivity contribution in [2.45, 2.75) is 38.7 Å². The van der Waals surface area contributed by atoms with E-state index in [1.807, 2.05) is 49.4 Å². The fourth-order valence-corrected chi connectivity index (χ4v) is 5.81. The van der Waals surface area contributed by atoms with Crippen LogP contribution in [0.3, 0.4) is 0 Å². The summed E-state index contributed by atoms with van der Waals surface area (Å²) in [6.07, 6.45) is 0.562. The van der Waals surface area contributed by atoms with E-state index < -0.39 is 46.1 Å². The molecule has 2 aromatic rings. The van der Waals surface area contributed by atoms with Gasteiger partial charge in [-0.2, -0.15) is 0 Å². The molecule has 5 rings (SSSR count). The van der Waals surface area contributed by atoms with Gasteiger partial charge < -0.3 is 15.3 Å². The number of fused-ring (bicyclic) bond motifs is 3. The fourth-order valence-electron chi connectivity index (χ4n) is 5.81. The number of aliphatic hydroxyl groups is 3. The van der Waals surface area contributed by atoms with Crippen LogP contribution in [0.1, 0.15) is 41.3 Å². The summed E-state index contributed by atoms with van der Waals surface area (Å²) in [4.78, 5) is 38.7. The van der Waals surface area contributed by atoms with Gasteiger partial charge in [0.25, 0.3) is 0 Å². The van der Waals surface area contributed by atoms with Gasteiger partial charge in [-0.15, -0.1) is 0 Å². The molecule has 6 heteroatoms. The third kappa shape index (κ3) is 2.87. The van der Waals surface area contributed by atoms with Crippen LogP contribution in [0.25, 0.3) is 11.1 Å². The zero-order chi connectivity index (χ0) is 23.7. The molecule has 2 aromatic carbocycles. The van der Waals surface area contributed by atoms with Crippen LogP contribution in [0.4, 0.5) is 0 Å². The molecule has 3 N–H and O–H groups in total. The van der Waals surface area contributed by atoms with Crippen LogP contribution in [-0.2, 0) is 16.0 Å². The number of carbonyl (C=O) groups excluding carboxylic acids is 3. The Morgan fingerprint density at radius 3 is 2.39 bits per heavy atom. The lowest BCUT2D eigenvalue weighted by molar-refractivity contribution is -0.144. The van der Waals surface area contributed by atoms with Crippen molar-refractivity contribution in [1.29, 1.82) is 0 Å². The molecular weight excluding hydrogens is 420 g/mol. The van der Waals surface area contributed by atoms with Crippen LogP contribution in [0, 0.1) is 18.8 Å². The lowest BCUT2D eigenvalue weighted by Gasteiger charge is -2.46. The largest absolute Gasteiger partial charge is 0.511 e. The van der Waals surface area contributed by atoms with Crippen molar-refractivity contribution in [3.8, 4) is 11.1 Å². The minimum atomic E-state index is -2.39. The van der Waals surface area contributed by atoms with Gasteiger partial charge in [0.05, 0.1) is 0 Å². The van der Waals surface area contributed by atoms with Crippen molar-refractivity contribution < 1.29 is 29.7 Å². The van der Waals surface area contributed by atoms with E-state index in [2.05, 4.69) is 0 Å². The third-order valence-corrected chi connectivity index (χ3v) is 7.37. The lowest BCUT2D eigenvalue weighted by atomic mass is 9.59. The predicted molar refractivity (Wildman–Crippen MR) is 121 cm³/mol. The molecule has 168 valence electrons. The maximum absolute atomic E-state index is 13.7. The van der Waals surface area contributed by atoms with Gasteiger partial charge in [0.15, 0.2) is 17.2 Å². The Kier molecular flexibility index (Phi) is 4.69. The minimum Gasteiger partial charge on any atom is -0.511 e. The Bertz CT molecular complexity index is 1300. The molecule has 0 unspecified atom stereocenters. The van der Waals surface area contributed by atoms with Gasteiger partial charge in [0, 0.05) is 23.5 Å². The van der Waals surface area contributed by atoms with E-state index in [0.717, 1.165) is 29.2 Å². The average Bonchev–Trinajstić information content (AvgIpc) is 2.76. The topological polar surface area (TPSA) is 112 Å². The maximum atomic E-state index is 13.7. The molecule has 3 aliphatic rings. The van der Waals surface area contributed by atoms with Crippen molar-refractivity contribution in [3.63, 3.8) is 0 Å². The highest BCUT2D eigenvalue weighted by atomic mass is 16.3. The quantitative estimate of drug-likeness (QED) is 0.605. The second-order valence-electron chi connectivity index (χ2n) is 9.25. The molecule has 33 heavy (non-hydrogen) atoms. The zero-order valence-corrected chi connectivity index (χ0v) is 18.4. The van der Waals surface area contributed by atoms with Crippen LogP contribution < -0.4 is 0 Å². The van der Waals surface area contributed by atoms with Gasteiger partial charge in [-0.05, 0) is 54.9 Å². The first-order chi connectivity index (χ1) is 15.7. The molecule has 6 nitrogen and oxygen atoms in total. The summed E-state index contributed by atoms with van der Waals surface area (Å²) in [5.74, 6) is -4.44. The molecule has 0 fully saturated rings. The molecule has 3 atom stereocenters. The van der Waals surface area contributed by atoms with Gasteiger partial charge in [0.2, 0.25) is 5.78 Å². The highest BCUT2D eigenvalue weighted by molar-refractivity contribution is 6.25. The Hall–Kier alpha value is -3.51. The number of ketones is 3. The summed E-state index contributed by atoms with van der Waals surface area (Å²) < 4.78 is 0. The van der Waals surface area contributed by atoms with E-state index in [1.165, 1.54) is 0 Å². The summed E-state index contributed by atoms with van der Waals surface area (Å²) in [6.45, 7) is 2.95. The second-order valence-corrected chi connectivity index (χ2v) is 9.25. The fraction of sp³-hybridized carbons (Fsp3) is 0.296. The Balaban J connectivity index is 1.69. The minimum absolute atomic E-state index is 0.0344. The van der Waals surface area contributed by atoms with E-state index in [0.29, 0.717) is 12.0 Å². The van der Waals surface area contributed by atoms with Crippen molar-refractivity contribution >= 4 is 17.3 Å².